The lowest BCUT2D eigenvalue weighted by molar-refractivity contribution is 0.583. The lowest BCUT2D eigenvalue weighted by Gasteiger charge is -2.13. The molecule has 0 unspecified atom stereocenters. The van der Waals surface area contributed by atoms with Gasteiger partial charge in [-0.1, -0.05) is 17.7 Å². The molecule has 3 heteroatoms. The van der Waals surface area contributed by atoms with Gasteiger partial charge in [-0.3, -0.25) is 4.99 Å². The fourth-order valence-corrected chi connectivity index (χ4v) is 1.96. The standard InChI is InChI=1S/C13H20N2S/c1-10-5-7-11(8-6-10)16-9-12(14)15-13(2,3)4/h5-8H,9H2,1-4H3,(H2,14,15). The number of rotatable bonds is 3. The summed E-state index contributed by atoms with van der Waals surface area (Å²) in [7, 11) is 0. The van der Waals surface area contributed by atoms with Gasteiger partial charge in [0.25, 0.3) is 0 Å². The van der Waals surface area contributed by atoms with E-state index in [-0.39, 0.29) is 5.54 Å². The SMILES string of the molecule is Cc1ccc(SCC(N)=NC(C)(C)C)cc1. The summed E-state index contributed by atoms with van der Waals surface area (Å²) >= 11 is 1.72. The van der Waals surface area contributed by atoms with E-state index in [1.807, 2.05) is 0 Å². The third kappa shape index (κ3) is 5.21. The van der Waals surface area contributed by atoms with E-state index < -0.39 is 0 Å². The molecular weight excluding hydrogens is 216 g/mol. The third-order valence-electron chi connectivity index (χ3n) is 1.89. The summed E-state index contributed by atoms with van der Waals surface area (Å²) in [5, 5.41) is 0. The summed E-state index contributed by atoms with van der Waals surface area (Å²) in [4.78, 5) is 5.65. The highest BCUT2D eigenvalue weighted by Crippen LogP contribution is 2.18. The minimum Gasteiger partial charge on any atom is -0.387 e. The Morgan fingerprint density at radius 2 is 1.81 bits per heavy atom. The first-order chi connectivity index (χ1) is 7.37. The molecule has 0 aliphatic heterocycles. The number of hydrogen-bond donors (Lipinski definition) is 1. The zero-order chi connectivity index (χ0) is 12.2. The van der Waals surface area contributed by atoms with Crippen molar-refractivity contribution >= 4 is 17.6 Å². The second kappa shape index (κ2) is 5.39. The summed E-state index contributed by atoms with van der Waals surface area (Å²) in [6.07, 6.45) is 0. The lowest BCUT2D eigenvalue weighted by atomic mass is 10.1. The molecule has 0 saturated carbocycles. The zero-order valence-corrected chi connectivity index (χ0v) is 11.3. The van der Waals surface area contributed by atoms with Crippen LogP contribution in [0.2, 0.25) is 0 Å². The Balaban J connectivity index is 2.52. The normalized spacial score (nSPS) is 12.9. The zero-order valence-electron chi connectivity index (χ0n) is 10.4. The van der Waals surface area contributed by atoms with Crippen LogP contribution in [-0.4, -0.2) is 17.1 Å². The highest BCUT2D eigenvalue weighted by atomic mass is 32.2. The maximum atomic E-state index is 5.87. The summed E-state index contributed by atoms with van der Waals surface area (Å²) in [6, 6.07) is 8.45. The van der Waals surface area contributed by atoms with E-state index in [1.54, 1.807) is 11.8 Å². The second-order valence-electron chi connectivity index (χ2n) is 4.88. The van der Waals surface area contributed by atoms with Crippen LogP contribution in [-0.2, 0) is 0 Å². The fourth-order valence-electron chi connectivity index (χ4n) is 1.25. The van der Waals surface area contributed by atoms with Crippen LogP contribution in [0.1, 0.15) is 26.3 Å². The van der Waals surface area contributed by atoms with Crippen LogP contribution in [0.5, 0.6) is 0 Å². The van der Waals surface area contributed by atoms with E-state index in [0.717, 1.165) is 5.75 Å². The van der Waals surface area contributed by atoms with Crippen LogP contribution < -0.4 is 5.73 Å². The topological polar surface area (TPSA) is 38.4 Å². The summed E-state index contributed by atoms with van der Waals surface area (Å²) in [6.45, 7) is 8.24. The number of benzene rings is 1. The van der Waals surface area contributed by atoms with Gasteiger partial charge in [0.05, 0.1) is 11.3 Å². The molecule has 88 valence electrons. The Kier molecular flexibility index (Phi) is 4.42. The van der Waals surface area contributed by atoms with Crippen LogP contribution in [0, 0.1) is 6.92 Å². The molecule has 0 saturated heterocycles. The van der Waals surface area contributed by atoms with E-state index in [1.165, 1.54) is 10.5 Å². The van der Waals surface area contributed by atoms with Gasteiger partial charge in [0.2, 0.25) is 0 Å². The fraction of sp³-hybridized carbons (Fsp3) is 0.462. The predicted octanol–water partition coefficient (Wildman–Crippen LogP) is 3.24. The first-order valence-corrected chi connectivity index (χ1v) is 6.39. The van der Waals surface area contributed by atoms with Crippen LogP contribution in [0.25, 0.3) is 0 Å². The highest BCUT2D eigenvalue weighted by Gasteiger charge is 2.08. The molecule has 16 heavy (non-hydrogen) atoms. The first kappa shape index (κ1) is 13.1. The van der Waals surface area contributed by atoms with E-state index in [0.29, 0.717) is 5.84 Å². The summed E-state index contributed by atoms with van der Waals surface area (Å²) in [5.41, 5.74) is 7.06. The quantitative estimate of drug-likeness (QED) is 0.497. The van der Waals surface area contributed by atoms with Crippen LogP contribution in [0.4, 0.5) is 0 Å². The maximum absolute atomic E-state index is 5.87. The molecule has 1 aromatic rings. The van der Waals surface area contributed by atoms with Crippen molar-refractivity contribution in [1.29, 1.82) is 0 Å². The highest BCUT2D eigenvalue weighted by molar-refractivity contribution is 8.00. The van der Waals surface area contributed by atoms with Gasteiger partial charge in [0, 0.05) is 4.90 Å². The second-order valence-corrected chi connectivity index (χ2v) is 5.92. The van der Waals surface area contributed by atoms with Gasteiger partial charge in [-0.2, -0.15) is 0 Å². The molecule has 0 aromatic heterocycles. The minimum absolute atomic E-state index is 0.0854. The molecule has 0 amide bonds. The Hall–Kier alpha value is -0.960. The molecule has 0 radical (unpaired) electrons. The summed E-state index contributed by atoms with van der Waals surface area (Å²) in [5.74, 6) is 1.46. The van der Waals surface area contributed by atoms with E-state index in [2.05, 4.69) is 57.0 Å². The molecule has 2 N–H and O–H groups in total. The Labute approximate surface area is 102 Å². The van der Waals surface area contributed by atoms with Crippen molar-refractivity contribution in [3.05, 3.63) is 29.8 Å². The number of nitrogens with two attached hydrogens (primary N) is 1. The molecule has 0 aliphatic rings. The molecule has 0 spiro atoms. The van der Waals surface area contributed by atoms with Crippen molar-refractivity contribution in [2.24, 2.45) is 10.7 Å². The van der Waals surface area contributed by atoms with Crippen molar-refractivity contribution < 1.29 is 0 Å². The molecule has 1 aromatic carbocycles. The summed E-state index contributed by atoms with van der Waals surface area (Å²) < 4.78 is 0. The molecule has 0 fully saturated rings. The smallest absolute Gasteiger partial charge is 0.105 e. The van der Waals surface area contributed by atoms with Crippen molar-refractivity contribution in [3.63, 3.8) is 0 Å². The first-order valence-electron chi connectivity index (χ1n) is 5.40. The predicted molar refractivity (Wildman–Crippen MR) is 73.3 cm³/mol. The Bertz CT molecular complexity index is 361. The van der Waals surface area contributed by atoms with E-state index in [4.69, 9.17) is 5.73 Å². The Morgan fingerprint density at radius 3 is 2.31 bits per heavy atom. The number of thioether (sulfide) groups is 1. The molecule has 0 atom stereocenters. The number of nitrogens with zero attached hydrogens (tertiary/aromatic N) is 1. The minimum atomic E-state index is -0.0854. The van der Waals surface area contributed by atoms with E-state index >= 15 is 0 Å². The molecule has 0 bridgehead atoms. The van der Waals surface area contributed by atoms with Gasteiger partial charge in [0.1, 0.15) is 5.84 Å². The number of hydrogen-bond acceptors (Lipinski definition) is 2. The average Bonchev–Trinajstić information content (AvgIpc) is 2.14. The van der Waals surface area contributed by atoms with Crippen LogP contribution in [0.15, 0.2) is 34.2 Å². The molecule has 1 rings (SSSR count). The van der Waals surface area contributed by atoms with Crippen molar-refractivity contribution in [3.8, 4) is 0 Å². The number of aliphatic imine (C=N–C) groups is 1. The van der Waals surface area contributed by atoms with Crippen LogP contribution in [0.3, 0.4) is 0 Å². The molecular formula is C13H20N2S. The monoisotopic (exact) mass is 236 g/mol. The van der Waals surface area contributed by atoms with Crippen molar-refractivity contribution in [1.82, 2.24) is 0 Å². The van der Waals surface area contributed by atoms with Gasteiger partial charge in [-0.25, -0.2) is 0 Å². The molecule has 0 heterocycles. The van der Waals surface area contributed by atoms with Gasteiger partial charge in [0.15, 0.2) is 0 Å². The lowest BCUT2D eigenvalue weighted by Crippen LogP contribution is -2.22. The number of amidine groups is 1. The van der Waals surface area contributed by atoms with Crippen LogP contribution >= 0.6 is 11.8 Å². The average molecular weight is 236 g/mol. The largest absolute Gasteiger partial charge is 0.387 e. The maximum Gasteiger partial charge on any atom is 0.105 e. The van der Waals surface area contributed by atoms with Gasteiger partial charge >= 0.3 is 0 Å². The molecule has 2 nitrogen and oxygen atoms in total. The third-order valence-corrected chi connectivity index (χ3v) is 2.93. The van der Waals surface area contributed by atoms with Gasteiger partial charge < -0.3 is 5.73 Å². The number of aryl methyl sites for hydroxylation is 1. The van der Waals surface area contributed by atoms with Crippen molar-refractivity contribution in [2.45, 2.75) is 38.1 Å². The molecule has 0 aliphatic carbocycles. The Morgan fingerprint density at radius 1 is 1.25 bits per heavy atom. The van der Waals surface area contributed by atoms with E-state index in [9.17, 15) is 0 Å². The van der Waals surface area contributed by atoms with Gasteiger partial charge in [-0.15, -0.1) is 11.8 Å². The van der Waals surface area contributed by atoms with Crippen molar-refractivity contribution in [2.75, 3.05) is 5.75 Å². The van der Waals surface area contributed by atoms with Gasteiger partial charge in [-0.05, 0) is 39.8 Å².